The number of aromatic nitrogens is 1. The molecular formula is C22H28N4O3S. The maximum absolute atomic E-state index is 13.4. The molecule has 2 aliphatic rings. The molecular weight excluding hydrogens is 400 g/mol. The molecule has 1 saturated heterocycles. The number of amides is 2. The third-order valence-electron chi connectivity index (χ3n) is 5.61. The van der Waals surface area contributed by atoms with Crippen molar-refractivity contribution in [1.29, 1.82) is 0 Å². The highest BCUT2D eigenvalue weighted by Crippen LogP contribution is 2.36. The molecule has 30 heavy (non-hydrogen) atoms. The average Bonchev–Trinajstić information content (AvgIpc) is 3.47. The van der Waals surface area contributed by atoms with Gasteiger partial charge in [-0.15, -0.1) is 11.3 Å². The molecule has 0 bridgehead atoms. The van der Waals surface area contributed by atoms with E-state index in [2.05, 4.69) is 10.3 Å². The van der Waals surface area contributed by atoms with Crippen LogP contribution < -0.4 is 15.0 Å². The molecule has 2 aromatic rings. The van der Waals surface area contributed by atoms with Crippen LogP contribution >= 0.6 is 11.3 Å². The number of thiazole rings is 1. The van der Waals surface area contributed by atoms with Crippen molar-refractivity contribution in [2.75, 3.05) is 39.2 Å². The summed E-state index contributed by atoms with van der Waals surface area (Å²) in [6.45, 7) is 1.58. The highest BCUT2D eigenvalue weighted by molar-refractivity contribution is 7.14. The van der Waals surface area contributed by atoms with E-state index in [-0.39, 0.29) is 23.8 Å². The molecule has 1 aromatic carbocycles. The molecule has 1 saturated carbocycles. The van der Waals surface area contributed by atoms with Crippen LogP contribution in [0.4, 0.5) is 5.13 Å². The Balaban J connectivity index is 1.64. The first-order valence-electron chi connectivity index (χ1n) is 10.4. The Kier molecular flexibility index (Phi) is 6.06. The van der Waals surface area contributed by atoms with Gasteiger partial charge in [0.25, 0.3) is 5.91 Å². The highest BCUT2D eigenvalue weighted by atomic mass is 32.1. The largest absolute Gasteiger partial charge is 0.496 e. The van der Waals surface area contributed by atoms with Gasteiger partial charge in [-0.05, 0) is 50.4 Å². The molecule has 2 fully saturated rings. The molecule has 8 heteroatoms. The second kappa shape index (κ2) is 8.73. The first-order chi connectivity index (χ1) is 14.5. The van der Waals surface area contributed by atoms with E-state index in [0.29, 0.717) is 17.9 Å². The third-order valence-corrected chi connectivity index (χ3v) is 6.62. The number of carbonyl (C=O) groups is 2. The van der Waals surface area contributed by atoms with Crippen molar-refractivity contribution in [2.24, 2.45) is 5.92 Å². The van der Waals surface area contributed by atoms with Crippen LogP contribution in [0.5, 0.6) is 5.75 Å². The van der Waals surface area contributed by atoms with Crippen molar-refractivity contribution in [2.45, 2.75) is 31.7 Å². The van der Waals surface area contributed by atoms with Gasteiger partial charge in [0.05, 0.1) is 18.7 Å². The van der Waals surface area contributed by atoms with Crippen LogP contribution in [-0.4, -0.2) is 62.0 Å². The highest BCUT2D eigenvalue weighted by Gasteiger charge is 2.40. The average molecular weight is 429 g/mol. The van der Waals surface area contributed by atoms with Gasteiger partial charge in [0.15, 0.2) is 5.13 Å². The number of hydrogen-bond acceptors (Lipinski definition) is 7. The summed E-state index contributed by atoms with van der Waals surface area (Å²) in [5.74, 6) is 0.265. The van der Waals surface area contributed by atoms with Crippen LogP contribution in [0, 0.1) is 5.92 Å². The topological polar surface area (TPSA) is 74.8 Å². The number of ether oxygens (including phenoxy) is 1. The number of nitrogens with one attached hydrogen (secondary N) is 1. The molecule has 1 N–H and O–H groups in total. The van der Waals surface area contributed by atoms with Crippen molar-refractivity contribution in [1.82, 2.24) is 15.2 Å². The van der Waals surface area contributed by atoms with E-state index >= 15 is 0 Å². The Morgan fingerprint density at radius 2 is 2.03 bits per heavy atom. The quantitative estimate of drug-likeness (QED) is 0.713. The molecule has 0 spiro atoms. The van der Waals surface area contributed by atoms with Crippen molar-refractivity contribution < 1.29 is 14.3 Å². The standard InChI is InChI=1S/C22H28N4O3S/c1-25(2)22-24-18(13-30-22)17-11-14(6-9-19(17)29-3)20(27)26(16-7-8-16)21(28)15-5-4-10-23-12-15/h6,9,11,13,15-16,23H,4-5,7-8,10,12H2,1-3H3. The monoisotopic (exact) mass is 428 g/mol. The number of hydrogen-bond donors (Lipinski definition) is 1. The Morgan fingerprint density at radius 3 is 2.63 bits per heavy atom. The fourth-order valence-electron chi connectivity index (χ4n) is 3.81. The maximum atomic E-state index is 13.4. The molecule has 0 radical (unpaired) electrons. The molecule has 4 rings (SSSR count). The predicted molar refractivity (Wildman–Crippen MR) is 118 cm³/mol. The van der Waals surface area contributed by atoms with E-state index in [1.54, 1.807) is 25.3 Å². The summed E-state index contributed by atoms with van der Waals surface area (Å²) in [4.78, 5) is 34.7. The summed E-state index contributed by atoms with van der Waals surface area (Å²) in [6, 6.07) is 5.36. The summed E-state index contributed by atoms with van der Waals surface area (Å²) >= 11 is 1.53. The van der Waals surface area contributed by atoms with Crippen LogP contribution in [0.2, 0.25) is 0 Å². The molecule has 1 unspecified atom stereocenters. The number of anilines is 1. The molecule has 1 aliphatic heterocycles. The number of carbonyl (C=O) groups excluding carboxylic acids is 2. The molecule has 2 amide bonds. The van der Waals surface area contributed by atoms with E-state index in [0.717, 1.165) is 48.6 Å². The lowest BCUT2D eigenvalue weighted by molar-refractivity contribution is -0.133. The molecule has 1 aliphatic carbocycles. The number of methoxy groups -OCH3 is 1. The van der Waals surface area contributed by atoms with Gasteiger partial charge in [-0.1, -0.05) is 0 Å². The van der Waals surface area contributed by atoms with E-state index in [4.69, 9.17) is 4.74 Å². The number of nitrogens with zero attached hydrogens (tertiary/aromatic N) is 3. The van der Waals surface area contributed by atoms with Crippen molar-refractivity contribution in [3.63, 3.8) is 0 Å². The molecule has 160 valence electrons. The lowest BCUT2D eigenvalue weighted by atomic mass is 9.97. The van der Waals surface area contributed by atoms with Crippen LogP contribution in [0.3, 0.4) is 0 Å². The van der Waals surface area contributed by atoms with Gasteiger partial charge in [0.2, 0.25) is 5.91 Å². The minimum absolute atomic E-state index is 0.0251. The fraction of sp³-hybridized carbons (Fsp3) is 0.500. The lowest BCUT2D eigenvalue weighted by Crippen LogP contribution is -2.46. The van der Waals surface area contributed by atoms with Gasteiger partial charge in [-0.3, -0.25) is 14.5 Å². The van der Waals surface area contributed by atoms with E-state index in [1.807, 2.05) is 24.4 Å². The van der Waals surface area contributed by atoms with Gasteiger partial charge >= 0.3 is 0 Å². The summed E-state index contributed by atoms with van der Waals surface area (Å²) < 4.78 is 5.52. The summed E-state index contributed by atoms with van der Waals surface area (Å²) in [6.07, 6.45) is 3.58. The van der Waals surface area contributed by atoms with Crippen molar-refractivity contribution >= 4 is 28.3 Å². The number of piperidine rings is 1. The predicted octanol–water partition coefficient (Wildman–Crippen LogP) is 3.02. The molecule has 1 atom stereocenters. The van der Waals surface area contributed by atoms with Gasteiger partial charge < -0.3 is 15.0 Å². The Labute approximate surface area is 181 Å². The first-order valence-corrected chi connectivity index (χ1v) is 11.3. The Bertz CT molecular complexity index is 932. The van der Waals surface area contributed by atoms with Crippen LogP contribution in [0.15, 0.2) is 23.6 Å². The van der Waals surface area contributed by atoms with E-state index in [1.165, 1.54) is 16.2 Å². The summed E-state index contributed by atoms with van der Waals surface area (Å²) in [5, 5.41) is 6.11. The first kappa shape index (κ1) is 20.8. The van der Waals surface area contributed by atoms with E-state index < -0.39 is 0 Å². The van der Waals surface area contributed by atoms with E-state index in [9.17, 15) is 9.59 Å². The second-order valence-corrected chi connectivity index (χ2v) is 8.95. The number of imide groups is 1. The Hall–Kier alpha value is -2.45. The zero-order valence-corrected chi connectivity index (χ0v) is 18.5. The fourth-order valence-corrected chi connectivity index (χ4v) is 4.57. The lowest BCUT2D eigenvalue weighted by Gasteiger charge is -2.28. The SMILES string of the molecule is COc1ccc(C(=O)N(C(=O)C2CCCNC2)C2CC2)cc1-c1csc(N(C)C)n1. The van der Waals surface area contributed by atoms with Gasteiger partial charge in [0, 0.05) is 43.2 Å². The molecule has 7 nitrogen and oxygen atoms in total. The Morgan fingerprint density at radius 1 is 1.23 bits per heavy atom. The van der Waals surface area contributed by atoms with Crippen LogP contribution in [0.1, 0.15) is 36.0 Å². The molecule has 1 aromatic heterocycles. The molecule has 2 heterocycles. The van der Waals surface area contributed by atoms with Crippen molar-refractivity contribution in [3.05, 3.63) is 29.1 Å². The van der Waals surface area contributed by atoms with Gasteiger partial charge in [-0.2, -0.15) is 0 Å². The van der Waals surface area contributed by atoms with Crippen LogP contribution in [0.25, 0.3) is 11.3 Å². The minimum atomic E-state index is -0.222. The van der Waals surface area contributed by atoms with Gasteiger partial charge in [-0.25, -0.2) is 4.98 Å². The number of benzene rings is 1. The zero-order chi connectivity index (χ0) is 21.3. The van der Waals surface area contributed by atoms with Gasteiger partial charge in [0.1, 0.15) is 5.75 Å². The maximum Gasteiger partial charge on any atom is 0.260 e. The van der Waals surface area contributed by atoms with Crippen molar-refractivity contribution in [3.8, 4) is 17.0 Å². The minimum Gasteiger partial charge on any atom is -0.496 e. The normalized spacial score (nSPS) is 18.7. The third kappa shape index (κ3) is 4.20. The smallest absolute Gasteiger partial charge is 0.260 e. The van der Waals surface area contributed by atoms with Crippen LogP contribution in [-0.2, 0) is 4.79 Å². The summed E-state index contributed by atoms with van der Waals surface area (Å²) in [5.41, 5.74) is 2.01. The number of rotatable bonds is 6. The zero-order valence-electron chi connectivity index (χ0n) is 17.7. The second-order valence-electron chi connectivity index (χ2n) is 8.11. The summed E-state index contributed by atoms with van der Waals surface area (Å²) in [7, 11) is 5.49.